The van der Waals surface area contributed by atoms with E-state index in [2.05, 4.69) is 6.92 Å². The van der Waals surface area contributed by atoms with E-state index in [9.17, 15) is 0 Å². The third-order valence-electron chi connectivity index (χ3n) is 3.10. The number of hydrogen-bond acceptors (Lipinski definition) is 3. The van der Waals surface area contributed by atoms with Gasteiger partial charge in [0.1, 0.15) is 17.2 Å². The number of benzene rings is 1. The molecule has 0 aliphatic rings. The Morgan fingerprint density at radius 2 is 1.44 bits per heavy atom. The van der Waals surface area contributed by atoms with Crippen molar-refractivity contribution < 1.29 is 14.2 Å². The van der Waals surface area contributed by atoms with E-state index in [1.807, 2.05) is 12.1 Å². The van der Waals surface area contributed by atoms with Crippen LogP contribution in [0.3, 0.4) is 0 Å². The van der Waals surface area contributed by atoms with Crippen molar-refractivity contribution in [2.75, 3.05) is 21.3 Å². The zero-order chi connectivity index (χ0) is 13.4. The van der Waals surface area contributed by atoms with Crippen LogP contribution in [0.5, 0.6) is 17.2 Å². The Balaban J connectivity index is 2.85. The van der Waals surface area contributed by atoms with Gasteiger partial charge in [-0.1, -0.05) is 26.2 Å². The van der Waals surface area contributed by atoms with E-state index in [0.717, 1.165) is 35.7 Å². The minimum atomic E-state index is 0.765. The molecule has 0 bridgehead atoms. The molecule has 18 heavy (non-hydrogen) atoms. The van der Waals surface area contributed by atoms with Gasteiger partial charge in [-0.2, -0.15) is 0 Å². The Bertz CT molecular complexity index is 336. The molecule has 0 amide bonds. The number of methoxy groups -OCH3 is 3. The molecule has 0 radical (unpaired) electrons. The summed E-state index contributed by atoms with van der Waals surface area (Å²) in [6, 6.07) is 3.83. The molecule has 0 N–H and O–H groups in total. The van der Waals surface area contributed by atoms with Crippen molar-refractivity contribution >= 4 is 0 Å². The lowest BCUT2D eigenvalue weighted by Crippen LogP contribution is -1.98. The highest BCUT2D eigenvalue weighted by molar-refractivity contribution is 5.50. The van der Waals surface area contributed by atoms with Crippen molar-refractivity contribution in [3.05, 3.63) is 17.7 Å². The SMILES string of the molecule is CCCCCCc1c(OC)cc(OC)cc1OC. The molecule has 1 aromatic carbocycles. The van der Waals surface area contributed by atoms with Crippen LogP contribution in [0.1, 0.15) is 38.2 Å². The summed E-state index contributed by atoms with van der Waals surface area (Å²) in [5.41, 5.74) is 1.14. The van der Waals surface area contributed by atoms with Gasteiger partial charge in [-0.15, -0.1) is 0 Å². The number of rotatable bonds is 8. The van der Waals surface area contributed by atoms with Crippen LogP contribution in [0.15, 0.2) is 12.1 Å². The molecule has 0 saturated carbocycles. The van der Waals surface area contributed by atoms with Crippen molar-refractivity contribution in [2.45, 2.75) is 39.0 Å². The molecule has 0 aliphatic carbocycles. The van der Waals surface area contributed by atoms with Gasteiger partial charge in [-0.05, 0) is 12.8 Å². The lowest BCUT2D eigenvalue weighted by Gasteiger charge is -2.15. The average Bonchev–Trinajstić information content (AvgIpc) is 2.42. The summed E-state index contributed by atoms with van der Waals surface area (Å²) in [5.74, 6) is 2.46. The van der Waals surface area contributed by atoms with Crippen LogP contribution < -0.4 is 14.2 Å². The number of unbranched alkanes of at least 4 members (excludes halogenated alkanes) is 3. The van der Waals surface area contributed by atoms with Gasteiger partial charge >= 0.3 is 0 Å². The Morgan fingerprint density at radius 3 is 1.89 bits per heavy atom. The van der Waals surface area contributed by atoms with Crippen LogP contribution in [0.2, 0.25) is 0 Å². The van der Waals surface area contributed by atoms with Crippen LogP contribution in [0.25, 0.3) is 0 Å². The van der Waals surface area contributed by atoms with Gasteiger partial charge in [0, 0.05) is 17.7 Å². The Morgan fingerprint density at radius 1 is 0.833 bits per heavy atom. The molecular weight excluding hydrogens is 228 g/mol. The van der Waals surface area contributed by atoms with E-state index >= 15 is 0 Å². The lowest BCUT2D eigenvalue weighted by atomic mass is 10.0. The molecule has 0 heterocycles. The monoisotopic (exact) mass is 252 g/mol. The zero-order valence-electron chi connectivity index (χ0n) is 11.9. The second-order valence-electron chi connectivity index (χ2n) is 4.32. The predicted molar refractivity (Wildman–Crippen MR) is 73.9 cm³/mol. The molecule has 102 valence electrons. The summed E-state index contributed by atoms with van der Waals surface area (Å²) in [5, 5.41) is 0. The quantitative estimate of drug-likeness (QED) is 0.658. The van der Waals surface area contributed by atoms with E-state index in [4.69, 9.17) is 14.2 Å². The van der Waals surface area contributed by atoms with Gasteiger partial charge in [0.05, 0.1) is 21.3 Å². The highest BCUT2D eigenvalue weighted by atomic mass is 16.5. The maximum absolute atomic E-state index is 5.43. The third-order valence-corrected chi connectivity index (χ3v) is 3.10. The molecule has 1 aromatic rings. The van der Waals surface area contributed by atoms with Crippen molar-refractivity contribution in [1.29, 1.82) is 0 Å². The fraction of sp³-hybridized carbons (Fsp3) is 0.600. The standard InChI is InChI=1S/C15H24O3/c1-5-6-7-8-9-13-14(17-3)10-12(16-2)11-15(13)18-4/h10-11H,5-9H2,1-4H3. The van der Waals surface area contributed by atoms with Gasteiger partial charge in [0.25, 0.3) is 0 Å². The molecule has 0 spiro atoms. The van der Waals surface area contributed by atoms with Crippen LogP contribution in [-0.2, 0) is 6.42 Å². The maximum Gasteiger partial charge on any atom is 0.129 e. The first kappa shape index (κ1) is 14.7. The minimum absolute atomic E-state index is 0.765. The second kappa shape index (κ2) is 7.85. The molecule has 0 saturated heterocycles. The summed E-state index contributed by atoms with van der Waals surface area (Å²) in [6.07, 6.45) is 5.91. The highest BCUT2D eigenvalue weighted by Crippen LogP contribution is 2.35. The van der Waals surface area contributed by atoms with E-state index < -0.39 is 0 Å². The largest absolute Gasteiger partial charge is 0.496 e. The van der Waals surface area contributed by atoms with Crippen LogP contribution in [0.4, 0.5) is 0 Å². The van der Waals surface area contributed by atoms with Crippen molar-refractivity contribution in [3.8, 4) is 17.2 Å². The molecule has 0 fully saturated rings. The van der Waals surface area contributed by atoms with Gasteiger partial charge < -0.3 is 14.2 Å². The summed E-state index contributed by atoms with van der Waals surface area (Å²) in [6.45, 7) is 2.22. The summed E-state index contributed by atoms with van der Waals surface area (Å²) < 4.78 is 16.1. The number of hydrogen-bond donors (Lipinski definition) is 0. The molecule has 0 aliphatic heterocycles. The molecule has 0 unspecified atom stereocenters. The number of ether oxygens (including phenoxy) is 3. The topological polar surface area (TPSA) is 27.7 Å². The lowest BCUT2D eigenvalue weighted by molar-refractivity contribution is 0.368. The average molecular weight is 252 g/mol. The van der Waals surface area contributed by atoms with Gasteiger partial charge in [0.2, 0.25) is 0 Å². The molecular formula is C15H24O3. The minimum Gasteiger partial charge on any atom is -0.496 e. The van der Waals surface area contributed by atoms with E-state index in [1.165, 1.54) is 19.3 Å². The zero-order valence-corrected chi connectivity index (χ0v) is 11.9. The Hall–Kier alpha value is -1.38. The first-order chi connectivity index (χ1) is 8.76. The Kier molecular flexibility index (Phi) is 6.40. The first-order valence-electron chi connectivity index (χ1n) is 6.55. The predicted octanol–water partition coefficient (Wildman–Crippen LogP) is 3.84. The van der Waals surface area contributed by atoms with Gasteiger partial charge in [-0.3, -0.25) is 0 Å². The fourth-order valence-electron chi connectivity index (χ4n) is 2.05. The van der Waals surface area contributed by atoms with Crippen LogP contribution in [0, 0.1) is 0 Å². The van der Waals surface area contributed by atoms with Gasteiger partial charge in [-0.25, -0.2) is 0 Å². The normalized spacial score (nSPS) is 10.2. The smallest absolute Gasteiger partial charge is 0.129 e. The summed E-state index contributed by atoms with van der Waals surface area (Å²) in [7, 11) is 5.02. The molecule has 0 aromatic heterocycles. The highest BCUT2D eigenvalue weighted by Gasteiger charge is 2.12. The Labute approximate surface area is 110 Å². The van der Waals surface area contributed by atoms with Crippen LogP contribution >= 0.6 is 0 Å². The first-order valence-corrected chi connectivity index (χ1v) is 6.55. The fourth-order valence-corrected chi connectivity index (χ4v) is 2.05. The third kappa shape index (κ3) is 3.83. The van der Waals surface area contributed by atoms with E-state index in [1.54, 1.807) is 21.3 Å². The van der Waals surface area contributed by atoms with E-state index in [0.29, 0.717) is 0 Å². The second-order valence-corrected chi connectivity index (χ2v) is 4.32. The molecule has 3 nitrogen and oxygen atoms in total. The molecule has 0 atom stereocenters. The van der Waals surface area contributed by atoms with Crippen molar-refractivity contribution in [1.82, 2.24) is 0 Å². The van der Waals surface area contributed by atoms with E-state index in [-0.39, 0.29) is 0 Å². The molecule has 1 rings (SSSR count). The van der Waals surface area contributed by atoms with Crippen LogP contribution in [-0.4, -0.2) is 21.3 Å². The summed E-state index contributed by atoms with van der Waals surface area (Å²) in [4.78, 5) is 0. The maximum atomic E-state index is 5.43. The van der Waals surface area contributed by atoms with Crippen molar-refractivity contribution in [2.24, 2.45) is 0 Å². The van der Waals surface area contributed by atoms with Gasteiger partial charge in [0.15, 0.2) is 0 Å². The summed E-state index contributed by atoms with van der Waals surface area (Å²) >= 11 is 0. The molecule has 3 heteroatoms. The van der Waals surface area contributed by atoms with Crippen molar-refractivity contribution in [3.63, 3.8) is 0 Å².